The predicted octanol–water partition coefficient (Wildman–Crippen LogP) is 8.56. The largest absolute Gasteiger partial charge is 0.493 e. The third kappa shape index (κ3) is 8.70. The summed E-state index contributed by atoms with van der Waals surface area (Å²) in [6.07, 6.45) is 6.04. The van der Waals surface area contributed by atoms with Crippen LogP contribution in [0.25, 0.3) is 0 Å². The van der Waals surface area contributed by atoms with Crippen LogP contribution < -0.4 is 30.1 Å². The van der Waals surface area contributed by atoms with Crippen molar-refractivity contribution in [3.63, 3.8) is 0 Å². The molecule has 6 rings (SSSR count). The first-order chi connectivity index (χ1) is 23.6. The molecule has 0 saturated heterocycles. The van der Waals surface area contributed by atoms with E-state index in [0.29, 0.717) is 70.3 Å². The van der Waals surface area contributed by atoms with E-state index in [1.807, 2.05) is 36.4 Å². The van der Waals surface area contributed by atoms with Crippen LogP contribution in [0.15, 0.2) is 58.4 Å². The van der Waals surface area contributed by atoms with Gasteiger partial charge in [-0.25, -0.2) is 0 Å². The highest BCUT2D eigenvalue weighted by molar-refractivity contribution is 6.36. The first-order valence-corrected chi connectivity index (χ1v) is 17.5. The van der Waals surface area contributed by atoms with E-state index in [0.717, 1.165) is 25.7 Å². The fourth-order valence-electron chi connectivity index (χ4n) is 5.47. The first-order valence-electron chi connectivity index (χ1n) is 16.0. The van der Waals surface area contributed by atoms with Gasteiger partial charge in [0.1, 0.15) is 10.0 Å². The molecule has 2 aliphatic carbocycles. The maximum atomic E-state index is 12.6. The number of H-pyrrole nitrogens is 2. The molecule has 2 aromatic heterocycles. The summed E-state index contributed by atoms with van der Waals surface area (Å²) in [7, 11) is 3.17. The Bertz CT molecular complexity index is 1790. The van der Waals surface area contributed by atoms with Crippen molar-refractivity contribution in [2.45, 2.75) is 50.7 Å². The zero-order chi connectivity index (χ0) is 34.7. The number of ether oxygens (including phenoxy) is 5. The van der Waals surface area contributed by atoms with Crippen LogP contribution in [0.5, 0.6) is 23.0 Å². The molecule has 49 heavy (non-hydrogen) atoms. The molecule has 2 aromatic carbocycles. The Kier molecular flexibility index (Phi) is 11.4. The van der Waals surface area contributed by atoms with E-state index in [1.165, 1.54) is 12.4 Å². The van der Waals surface area contributed by atoms with Crippen LogP contribution in [-0.2, 0) is 17.6 Å². The number of rotatable bonds is 16. The molecule has 0 bridgehead atoms. The Balaban J connectivity index is 1.44. The molecule has 0 aliphatic heterocycles. The zero-order valence-corrected chi connectivity index (χ0v) is 30.0. The number of hydrogen-bond acceptors (Lipinski definition) is 7. The van der Waals surface area contributed by atoms with Crippen molar-refractivity contribution in [2.24, 2.45) is 11.8 Å². The predicted molar refractivity (Wildman–Crippen MR) is 191 cm³/mol. The number of halogens is 4. The fraction of sp³-hybridized carbons (Fsp3) is 0.389. The van der Waals surface area contributed by atoms with Crippen molar-refractivity contribution < 1.29 is 23.7 Å². The van der Waals surface area contributed by atoms with Gasteiger partial charge in [0, 0.05) is 25.2 Å². The fourth-order valence-corrected chi connectivity index (χ4v) is 6.49. The number of aromatic nitrogens is 2. The molecule has 2 N–H and O–H groups in total. The minimum Gasteiger partial charge on any atom is -0.493 e. The van der Waals surface area contributed by atoms with E-state index in [2.05, 4.69) is 9.97 Å². The van der Waals surface area contributed by atoms with Crippen molar-refractivity contribution in [3.05, 3.63) is 112 Å². The van der Waals surface area contributed by atoms with Crippen molar-refractivity contribution in [1.82, 2.24) is 9.97 Å². The summed E-state index contributed by atoms with van der Waals surface area (Å²) >= 11 is 26.3. The molecule has 0 amide bonds. The number of hydrogen-bond donors (Lipinski definition) is 2. The van der Waals surface area contributed by atoms with Crippen molar-refractivity contribution >= 4 is 46.4 Å². The lowest BCUT2D eigenvalue weighted by Gasteiger charge is -2.28. The van der Waals surface area contributed by atoms with Gasteiger partial charge in [0.2, 0.25) is 0 Å². The molecule has 2 unspecified atom stereocenters. The molecule has 9 nitrogen and oxygen atoms in total. The van der Waals surface area contributed by atoms with Crippen LogP contribution >= 0.6 is 46.4 Å². The lowest BCUT2D eigenvalue weighted by molar-refractivity contribution is -0.0151. The van der Waals surface area contributed by atoms with E-state index in [9.17, 15) is 9.59 Å². The molecular weight excluding hydrogens is 714 g/mol. The van der Waals surface area contributed by atoms with Gasteiger partial charge in [0.15, 0.2) is 23.0 Å². The first kappa shape index (κ1) is 35.5. The molecule has 4 aromatic rings. The summed E-state index contributed by atoms with van der Waals surface area (Å²) < 4.78 is 30.6. The molecule has 2 saturated carbocycles. The Labute approximate surface area is 303 Å². The number of aromatic amines is 2. The average Bonchev–Trinajstić information content (AvgIpc) is 4.05. The second-order valence-electron chi connectivity index (χ2n) is 12.4. The van der Waals surface area contributed by atoms with Crippen LogP contribution in [0.3, 0.4) is 0 Å². The van der Waals surface area contributed by atoms with Crippen LogP contribution in [0.1, 0.15) is 60.1 Å². The highest BCUT2D eigenvalue weighted by atomic mass is 35.5. The zero-order valence-electron chi connectivity index (χ0n) is 27.0. The third-order valence-electron chi connectivity index (χ3n) is 8.73. The van der Waals surface area contributed by atoms with Crippen LogP contribution in [0.2, 0.25) is 20.1 Å². The van der Waals surface area contributed by atoms with Crippen molar-refractivity contribution in [3.8, 4) is 23.0 Å². The van der Waals surface area contributed by atoms with Gasteiger partial charge in [0.25, 0.3) is 11.1 Å². The normalized spacial score (nSPS) is 15.5. The van der Waals surface area contributed by atoms with Crippen molar-refractivity contribution in [2.75, 3.05) is 27.4 Å². The SMILES string of the molecule is COc1ccc(C(Cc2c(Cl)c[nH]c(=O)c2Cl)OC(Cc2c(Cl)c[nH]c(=O)c2Cl)c2ccc(OC)c(OCC3CC3)c2)cc1OCC1CC1. The van der Waals surface area contributed by atoms with Crippen LogP contribution in [0.4, 0.5) is 0 Å². The smallest absolute Gasteiger partial charge is 0.267 e. The minimum absolute atomic E-state index is 0.0442. The van der Waals surface area contributed by atoms with Crippen LogP contribution in [-0.4, -0.2) is 37.4 Å². The monoisotopic (exact) mass is 748 g/mol. The van der Waals surface area contributed by atoms with Crippen LogP contribution in [0, 0.1) is 11.8 Å². The van der Waals surface area contributed by atoms with Gasteiger partial charge >= 0.3 is 0 Å². The van der Waals surface area contributed by atoms with Gasteiger partial charge in [0.05, 0.1) is 49.7 Å². The average molecular weight is 751 g/mol. The summed E-state index contributed by atoms with van der Waals surface area (Å²) in [4.78, 5) is 30.3. The molecular formula is C36H36Cl4N2O7. The van der Waals surface area contributed by atoms with Gasteiger partial charge in [-0.05, 0) is 84.0 Å². The molecule has 0 spiro atoms. The maximum Gasteiger partial charge on any atom is 0.267 e. The quantitative estimate of drug-likeness (QED) is 0.118. The summed E-state index contributed by atoms with van der Waals surface area (Å²) in [5, 5.41) is 0.457. The standard InChI is InChI=1S/C36H36Cl4N2O7/c1-45-27-9-7-21(11-31(27)47-17-19-3-4-19)29(13-23-25(37)15-41-35(43)33(23)39)49-30(14-24-26(38)16-42-36(44)34(24)40)22-8-10-28(46-2)32(12-22)48-18-20-5-6-20/h7-12,15-16,19-20,29-30H,3-6,13-14,17-18H2,1-2H3,(H,41,43)(H,42,44). The number of nitrogens with one attached hydrogen (secondary N) is 2. The second-order valence-corrected chi connectivity index (χ2v) is 13.9. The molecule has 2 heterocycles. The Hall–Kier alpha value is -3.34. The summed E-state index contributed by atoms with van der Waals surface area (Å²) in [5.41, 5.74) is 1.28. The summed E-state index contributed by atoms with van der Waals surface area (Å²) in [5.74, 6) is 3.27. The highest BCUT2D eigenvalue weighted by Crippen LogP contribution is 2.42. The minimum atomic E-state index is -0.742. The summed E-state index contributed by atoms with van der Waals surface area (Å²) in [6, 6.07) is 11.1. The molecule has 13 heteroatoms. The lowest BCUT2D eigenvalue weighted by Crippen LogP contribution is -2.19. The number of methoxy groups -OCH3 is 2. The Morgan fingerprint density at radius 1 is 0.653 bits per heavy atom. The lowest BCUT2D eigenvalue weighted by atomic mass is 9.98. The molecule has 2 fully saturated rings. The number of pyridine rings is 2. The van der Waals surface area contributed by atoms with E-state index in [4.69, 9.17) is 70.1 Å². The molecule has 2 aliphatic rings. The van der Waals surface area contributed by atoms with E-state index in [-0.39, 0.29) is 32.9 Å². The van der Waals surface area contributed by atoms with Gasteiger partial charge in [-0.3, -0.25) is 9.59 Å². The van der Waals surface area contributed by atoms with Gasteiger partial charge < -0.3 is 33.7 Å². The molecule has 2 atom stereocenters. The maximum absolute atomic E-state index is 12.6. The Morgan fingerprint density at radius 3 is 1.43 bits per heavy atom. The second kappa shape index (κ2) is 15.7. The van der Waals surface area contributed by atoms with Gasteiger partial charge in [-0.15, -0.1) is 0 Å². The van der Waals surface area contributed by atoms with E-state index in [1.54, 1.807) is 14.2 Å². The molecule has 260 valence electrons. The Morgan fingerprint density at radius 2 is 1.06 bits per heavy atom. The van der Waals surface area contributed by atoms with Crippen molar-refractivity contribution in [1.29, 1.82) is 0 Å². The number of benzene rings is 2. The highest BCUT2D eigenvalue weighted by Gasteiger charge is 2.29. The van der Waals surface area contributed by atoms with Gasteiger partial charge in [-0.1, -0.05) is 58.5 Å². The van der Waals surface area contributed by atoms with E-state index < -0.39 is 23.3 Å². The van der Waals surface area contributed by atoms with Gasteiger partial charge in [-0.2, -0.15) is 0 Å². The molecule has 0 radical (unpaired) electrons. The topological polar surface area (TPSA) is 112 Å². The summed E-state index contributed by atoms with van der Waals surface area (Å²) in [6.45, 7) is 1.13. The van der Waals surface area contributed by atoms with E-state index >= 15 is 0 Å². The third-order valence-corrected chi connectivity index (χ3v) is 10.2.